The monoisotopic (exact) mass is 488 g/mol. The first-order valence-electron chi connectivity index (χ1n) is 10.9. The van der Waals surface area contributed by atoms with Gasteiger partial charge in [0.15, 0.2) is 5.84 Å². The van der Waals surface area contributed by atoms with Crippen molar-refractivity contribution >= 4 is 35.1 Å². The second-order valence-electron chi connectivity index (χ2n) is 9.07. The molecule has 2 aromatic rings. The Labute approximate surface area is 203 Å². The topological polar surface area (TPSA) is 132 Å². The molecule has 2 amide bonds. The summed E-state index contributed by atoms with van der Waals surface area (Å²) >= 11 is 1.25. The number of amides is 2. The van der Waals surface area contributed by atoms with Gasteiger partial charge in [0.2, 0.25) is 0 Å². The maximum atomic E-state index is 12.4. The smallest absolute Gasteiger partial charge is 0.375 e. The third-order valence-electron chi connectivity index (χ3n) is 4.36. The summed E-state index contributed by atoms with van der Waals surface area (Å²) in [5.74, 6) is -0.791. The van der Waals surface area contributed by atoms with Crippen LogP contribution in [0.1, 0.15) is 61.8 Å². The summed E-state index contributed by atoms with van der Waals surface area (Å²) in [5.41, 5.74) is 6.62. The number of carbonyl (C=O) groups excluding carboxylic acids is 3. The van der Waals surface area contributed by atoms with Crippen LogP contribution in [-0.4, -0.2) is 35.4 Å². The second-order valence-corrected chi connectivity index (χ2v) is 10.0. The molecule has 10 heteroatoms. The molecular formula is C24H32N4O5S. The molecule has 0 aliphatic carbocycles. The van der Waals surface area contributed by atoms with E-state index in [1.165, 1.54) is 11.3 Å². The quantitative estimate of drug-likeness (QED) is 0.162. The summed E-state index contributed by atoms with van der Waals surface area (Å²) < 4.78 is 5.42. The van der Waals surface area contributed by atoms with Crippen LogP contribution < -0.4 is 16.4 Å². The molecule has 0 fully saturated rings. The number of nitrogens with zero attached hydrogens (tertiary/aromatic N) is 1. The van der Waals surface area contributed by atoms with Gasteiger partial charge < -0.3 is 25.9 Å². The van der Waals surface area contributed by atoms with Gasteiger partial charge in [0.1, 0.15) is 16.5 Å². The van der Waals surface area contributed by atoms with Crippen molar-refractivity contribution in [3.05, 3.63) is 57.8 Å². The van der Waals surface area contributed by atoms with Gasteiger partial charge in [0, 0.05) is 12.1 Å². The Bertz CT molecular complexity index is 995. The highest BCUT2D eigenvalue weighted by Gasteiger charge is 2.27. The van der Waals surface area contributed by atoms with E-state index in [0.29, 0.717) is 16.9 Å². The summed E-state index contributed by atoms with van der Waals surface area (Å²) in [6.45, 7) is 9.53. The Morgan fingerprint density at radius 3 is 2.35 bits per heavy atom. The lowest BCUT2D eigenvalue weighted by molar-refractivity contribution is -0.157. The molecule has 9 nitrogen and oxygen atoms in total. The first kappa shape index (κ1) is 26.8. The fourth-order valence-corrected chi connectivity index (χ4v) is 3.42. The first-order chi connectivity index (χ1) is 15.9. The number of carbonyl (C=O) groups is 3. The zero-order chi connectivity index (χ0) is 25.3. The van der Waals surface area contributed by atoms with Gasteiger partial charge >= 0.3 is 18.0 Å². The summed E-state index contributed by atoms with van der Waals surface area (Å²) in [4.78, 5) is 42.0. The third kappa shape index (κ3) is 9.22. The van der Waals surface area contributed by atoms with Gasteiger partial charge in [-0.25, -0.2) is 14.4 Å². The molecule has 0 saturated heterocycles. The molecule has 184 valence electrons. The van der Waals surface area contributed by atoms with Crippen LogP contribution in [-0.2, 0) is 20.9 Å². The fourth-order valence-electron chi connectivity index (χ4n) is 2.83. The lowest BCUT2D eigenvalue weighted by atomic mass is 10.0. The van der Waals surface area contributed by atoms with Crippen LogP contribution in [0.4, 0.5) is 4.79 Å². The normalized spacial score (nSPS) is 12.7. The summed E-state index contributed by atoms with van der Waals surface area (Å²) in [6, 6.07) is 9.09. The number of oxime groups is 1. The van der Waals surface area contributed by atoms with Gasteiger partial charge in [-0.05, 0) is 50.1 Å². The van der Waals surface area contributed by atoms with Crippen LogP contribution in [0.2, 0.25) is 0 Å². The average Bonchev–Trinajstić information content (AvgIpc) is 3.29. The maximum absolute atomic E-state index is 12.4. The largest absolute Gasteiger partial charge is 0.458 e. The maximum Gasteiger partial charge on any atom is 0.375 e. The highest BCUT2D eigenvalue weighted by molar-refractivity contribution is 7.11. The molecule has 0 aliphatic heterocycles. The van der Waals surface area contributed by atoms with Gasteiger partial charge in [-0.1, -0.05) is 49.3 Å². The highest BCUT2D eigenvalue weighted by Crippen LogP contribution is 2.13. The molecule has 2 rings (SSSR count). The highest BCUT2D eigenvalue weighted by atomic mass is 32.1. The number of hydrogen-bond donors (Lipinski definition) is 3. The van der Waals surface area contributed by atoms with E-state index in [0.717, 1.165) is 5.56 Å². The standard InChI is InChI=1S/C24H32N4O5S/c1-15(2)13-18(21(29)32-24(3,4)5)27-23(31)26-14-16-8-10-17(11-9-16)20(25)28-33-22(30)19-7-6-12-34-19/h6-12,15,18H,13-14H2,1-5H3,(H2,25,28)(H2,26,27,31)/t18-/m0/s1. The van der Waals surface area contributed by atoms with E-state index in [1.54, 1.807) is 62.5 Å². The van der Waals surface area contributed by atoms with Gasteiger partial charge in [-0.3, -0.25) is 0 Å². The van der Waals surface area contributed by atoms with Gasteiger partial charge in [-0.2, -0.15) is 0 Å². The molecule has 4 N–H and O–H groups in total. The molecule has 0 unspecified atom stereocenters. The number of nitrogens with two attached hydrogens (primary N) is 1. The van der Waals surface area contributed by atoms with E-state index in [-0.39, 0.29) is 18.3 Å². The number of hydrogen-bond acceptors (Lipinski definition) is 7. The minimum Gasteiger partial charge on any atom is -0.458 e. The molecule has 0 spiro atoms. The van der Waals surface area contributed by atoms with E-state index in [9.17, 15) is 14.4 Å². The zero-order valence-electron chi connectivity index (χ0n) is 20.1. The Kier molecular flexibility index (Phi) is 9.61. The average molecular weight is 489 g/mol. The van der Waals surface area contributed by atoms with Crippen molar-refractivity contribution in [2.75, 3.05) is 0 Å². The molecule has 1 heterocycles. The van der Waals surface area contributed by atoms with Crippen LogP contribution in [0.3, 0.4) is 0 Å². The lowest BCUT2D eigenvalue weighted by Gasteiger charge is -2.25. The molecule has 0 saturated carbocycles. The van der Waals surface area contributed by atoms with Gasteiger partial charge in [0.25, 0.3) is 0 Å². The van der Waals surface area contributed by atoms with E-state index in [4.69, 9.17) is 15.3 Å². The van der Waals surface area contributed by atoms with E-state index in [2.05, 4.69) is 15.8 Å². The molecule has 1 aromatic carbocycles. The Morgan fingerprint density at radius 1 is 1.12 bits per heavy atom. The molecule has 0 radical (unpaired) electrons. The number of amidine groups is 1. The predicted octanol–water partition coefficient (Wildman–Crippen LogP) is 3.78. The van der Waals surface area contributed by atoms with Crippen molar-refractivity contribution in [1.82, 2.24) is 10.6 Å². The summed E-state index contributed by atoms with van der Waals surface area (Å²) in [6.07, 6.45) is 0.465. The van der Waals surface area contributed by atoms with Crippen molar-refractivity contribution in [1.29, 1.82) is 0 Å². The third-order valence-corrected chi connectivity index (χ3v) is 5.21. The minimum absolute atomic E-state index is 0.0519. The molecule has 0 aliphatic rings. The lowest BCUT2D eigenvalue weighted by Crippen LogP contribution is -2.48. The zero-order valence-corrected chi connectivity index (χ0v) is 20.9. The van der Waals surface area contributed by atoms with Crippen LogP contribution in [0.25, 0.3) is 0 Å². The molecule has 34 heavy (non-hydrogen) atoms. The van der Waals surface area contributed by atoms with E-state index >= 15 is 0 Å². The number of rotatable bonds is 9. The molecule has 0 bridgehead atoms. The van der Waals surface area contributed by atoms with Crippen LogP contribution in [0, 0.1) is 5.92 Å². The predicted molar refractivity (Wildman–Crippen MR) is 131 cm³/mol. The Hall–Kier alpha value is -3.40. The summed E-state index contributed by atoms with van der Waals surface area (Å²) in [7, 11) is 0. The van der Waals surface area contributed by atoms with E-state index in [1.807, 2.05) is 13.8 Å². The van der Waals surface area contributed by atoms with Crippen LogP contribution in [0.15, 0.2) is 46.9 Å². The van der Waals surface area contributed by atoms with Crippen LogP contribution >= 0.6 is 11.3 Å². The summed E-state index contributed by atoms with van der Waals surface area (Å²) in [5, 5.41) is 10.9. The van der Waals surface area contributed by atoms with E-state index < -0.39 is 29.6 Å². The number of nitrogens with one attached hydrogen (secondary N) is 2. The molecule has 1 atom stereocenters. The number of benzene rings is 1. The Morgan fingerprint density at radius 2 is 1.79 bits per heavy atom. The number of thiophene rings is 1. The number of esters is 1. The van der Waals surface area contributed by atoms with Crippen molar-refractivity contribution in [3.8, 4) is 0 Å². The van der Waals surface area contributed by atoms with Crippen molar-refractivity contribution in [2.45, 2.75) is 59.2 Å². The molecular weight excluding hydrogens is 456 g/mol. The number of urea groups is 1. The second kappa shape index (κ2) is 12.2. The first-order valence-corrected chi connectivity index (χ1v) is 11.8. The van der Waals surface area contributed by atoms with Gasteiger partial charge in [-0.15, -0.1) is 11.3 Å². The minimum atomic E-state index is -0.741. The molecule has 1 aromatic heterocycles. The SMILES string of the molecule is CC(C)C[C@H](NC(=O)NCc1ccc(/C(N)=N/OC(=O)c2cccs2)cc1)C(=O)OC(C)(C)C. The van der Waals surface area contributed by atoms with Crippen molar-refractivity contribution < 1.29 is 24.0 Å². The van der Waals surface area contributed by atoms with Crippen molar-refractivity contribution in [2.24, 2.45) is 16.8 Å². The van der Waals surface area contributed by atoms with Crippen LogP contribution in [0.5, 0.6) is 0 Å². The fraction of sp³-hybridized carbons (Fsp3) is 0.417. The van der Waals surface area contributed by atoms with Gasteiger partial charge in [0.05, 0.1) is 0 Å². The van der Waals surface area contributed by atoms with Crippen molar-refractivity contribution in [3.63, 3.8) is 0 Å². The Balaban J connectivity index is 1.89. The number of ether oxygens (including phenoxy) is 1.